The summed E-state index contributed by atoms with van der Waals surface area (Å²) in [5, 5.41) is 4.76. The minimum absolute atomic E-state index is 0.00336. The Kier molecular flexibility index (Phi) is 6.94. The summed E-state index contributed by atoms with van der Waals surface area (Å²) in [7, 11) is 2.05. The molecule has 1 fully saturated rings. The number of amides is 1. The number of nitrogens with zero attached hydrogens (tertiary/aromatic N) is 4. The molecule has 1 aromatic heterocycles. The molecule has 0 spiro atoms. The molecule has 0 bridgehead atoms. The molecule has 0 unspecified atom stereocenters. The average Bonchev–Trinajstić information content (AvgIpc) is 3.28. The van der Waals surface area contributed by atoms with E-state index in [0.29, 0.717) is 35.6 Å². The predicted molar refractivity (Wildman–Crippen MR) is 132 cm³/mol. The van der Waals surface area contributed by atoms with Crippen LogP contribution >= 0.6 is 0 Å². The summed E-state index contributed by atoms with van der Waals surface area (Å²) in [5.41, 5.74) is 2.69. The molecule has 0 radical (unpaired) electrons. The summed E-state index contributed by atoms with van der Waals surface area (Å²) in [5.74, 6) is -1.92. The van der Waals surface area contributed by atoms with Gasteiger partial charge in [-0.25, -0.2) is 13.5 Å². The summed E-state index contributed by atoms with van der Waals surface area (Å²) in [6.07, 6.45) is 0. The van der Waals surface area contributed by atoms with Crippen molar-refractivity contribution in [1.29, 1.82) is 0 Å². The average molecular weight is 483 g/mol. The number of piperazine rings is 1. The van der Waals surface area contributed by atoms with Crippen LogP contribution in [0.2, 0.25) is 0 Å². The zero-order valence-corrected chi connectivity index (χ0v) is 20.9. The summed E-state index contributed by atoms with van der Waals surface area (Å²) in [4.78, 5) is 17.0. The van der Waals surface area contributed by atoms with Crippen molar-refractivity contribution in [3.8, 4) is 22.7 Å². The SMILES string of the molecule is CCOc1c(F)cc(-c2cc(C(C)(C)C)nn2-c2ccc(C(=O)N3CCN(C)CC3)cc2)cc1F. The predicted octanol–water partition coefficient (Wildman–Crippen LogP) is 4.90. The number of rotatable bonds is 5. The molecule has 6 nitrogen and oxygen atoms in total. The summed E-state index contributed by atoms with van der Waals surface area (Å²) in [6, 6.07) is 11.5. The van der Waals surface area contributed by atoms with E-state index >= 15 is 0 Å². The first-order chi connectivity index (χ1) is 16.6. The molecule has 2 aromatic carbocycles. The number of ether oxygens (including phenoxy) is 1. The third-order valence-corrected chi connectivity index (χ3v) is 6.21. The number of benzene rings is 2. The van der Waals surface area contributed by atoms with Crippen molar-refractivity contribution in [3.05, 3.63) is 65.4 Å². The van der Waals surface area contributed by atoms with Crippen LogP contribution in [0.1, 0.15) is 43.7 Å². The van der Waals surface area contributed by atoms with Crippen molar-refractivity contribution in [2.75, 3.05) is 39.8 Å². The second kappa shape index (κ2) is 9.77. The largest absolute Gasteiger partial charge is 0.488 e. The van der Waals surface area contributed by atoms with Crippen LogP contribution in [0.15, 0.2) is 42.5 Å². The number of hydrogen-bond acceptors (Lipinski definition) is 4. The van der Waals surface area contributed by atoms with Crippen LogP contribution in [-0.2, 0) is 5.41 Å². The third-order valence-electron chi connectivity index (χ3n) is 6.21. The molecular weight excluding hydrogens is 450 g/mol. The first kappa shape index (κ1) is 24.9. The number of carbonyl (C=O) groups excluding carboxylic acids is 1. The van der Waals surface area contributed by atoms with Crippen molar-refractivity contribution in [1.82, 2.24) is 19.6 Å². The summed E-state index contributed by atoms with van der Waals surface area (Å²) >= 11 is 0. The number of carbonyl (C=O) groups is 1. The van der Waals surface area contributed by atoms with Crippen molar-refractivity contribution < 1.29 is 18.3 Å². The van der Waals surface area contributed by atoms with Gasteiger partial charge in [0.2, 0.25) is 0 Å². The van der Waals surface area contributed by atoms with E-state index in [9.17, 15) is 13.6 Å². The first-order valence-electron chi connectivity index (χ1n) is 11.9. The minimum Gasteiger partial charge on any atom is -0.488 e. The highest BCUT2D eigenvalue weighted by atomic mass is 19.1. The van der Waals surface area contributed by atoms with Crippen molar-refractivity contribution in [2.24, 2.45) is 0 Å². The Bertz CT molecular complexity index is 1180. The highest BCUT2D eigenvalue weighted by Crippen LogP contribution is 2.33. The van der Waals surface area contributed by atoms with Gasteiger partial charge in [0.15, 0.2) is 17.4 Å². The standard InChI is InChI=1S/C27H32F2N4O2/c1-6-35-25-21(28)15-19(16-22(25)29)23-17-24(27(2,3)4)30-33(23)20-9-7-18(8-10-20)26(34)32-13-11-31(5)12-14-32/h7-10,15-17H,6,11-14H2,1-5H3. The fourth-order valence-electron chi connectivity index (χ4n) is 4.08. The smallest absolute Gasteiger partial charge is 0.253 e. The van der Waals surface area contributed by atoms with Crippen LogP contribution in [0, 0.1) is 11.6 Å². The van der Waals surface area contributed by atoms with Gasteiger partial charge >= 0.3 is 0 Å². The van der Waals surface area contributed by atoms with Gasteiger partial charge in [0.25, 0.3) is 5.91 Å². The highest BCUT2D eigenvalue weighted by molar-refractivity contribution is 5.94. The molecule has 0 atom stereocenters. The van der Waals surface area contributed by atoms with Crippen LogP contribution in [0.4, 0.5) is 8.78 Å². The van der Waals surface area contributed by atoms with Gasteiger partial charge in [-0.2, -0.15) is 5.10 Å². The van der Waals surface area contributed by atoms with Gasteiger partial charge in [-0.15, -0.1) is 0 Å². The molecule has 2 heterocycles. The van der Waals surface area contributed by atoms with Crippen molar-refractivity contribution in [2.45, 2.75) is 33.1 Å². The molecule has 0 aliphatic carbocycles. The maximum Gasteiger partial charge on any atom is 0.253 e. The van der Waals surface area contributed by atoms with E-state index in [1.807, 2.05) is 50.9 Å². The van der Waals surface area contributed by atoms with E-state index in [0.717, 1.165) is 18.8 Å². The Labute approximate surface area is 205 Å². The summed E-state index contributed by atoms with van der Waals surface area (Å²) in [6.45, 7) is 11.0. The molecule has 0 saturated carbocycles. The normalized spacial score (nSPS) is 14.9. The maximum atomic E-state index is 14.7. The van der Waals surface area contributed by atoms with Gasteiger partial charge in [-0.1, -0.05) is 20.8 Å². The second-order valence-corrected chi connectivity index (χ2v) is 9.92. The van der Waals surface area contributed by atoms with Crippen LogP contribution in [0.5, 0.6) is 5.75 Å². The van der Waals surface area contributed by atoms with E-state index in [-0.39, 0.29) is 23.7 Å². The molecular formula is C27H32F2N4O2. The van der Waals surface area contributed by atoms with Gasteiger partial charge in [-0.3, -0.25) is 4.79 Å². The van der Waals surface area contributed by atoms with E-state index in [2.05, 4.69) is 4.90 Å². The van der Waals surface area contributed by atoms with Crippen molar-refractivity contribution in [3.63, 3.8) is 0 Å². The molecule has 1 amide bonds. The minimum atomic E-state index is -0.764. The van der Waals surface area contributed by atoms with Crippen LogP contribution in [-0.4, -0.2) is 65.3 Å². The highest BCUT2D eigenvalue weighted by Gasteiger charge is 2.24. The van der Waals surface area contributed by atoms with Crippen LogP contribution in [0.3, 0.4) is 0 Å². The van der Waals surface area contributed by atoms with E-state index < -0.39 is 11.6 Å². The Balaban J connectivity index is 1.71. The van der Waals surface area contributed by atoms with E-state index in [1.54, 1.807) is 23.7 Å². The molecule has 8 heteroatoms. The van der Waals surface area contributed by atoms with Crippen LogP contribution in [0.25, 0.3) is 16.9 Å². The Hall–Kier alpha value is -3.26. The topological polar surface area (TPSA) is 50.6 Å². The number of halogens is 2. The lowest BCUT2D eigenvalue weighted by atomic mass is 9.92. The van der Waals surface area contributed by atoms with Gasteiger partial charge in [0.05, 0.1) is 23.7 Å². The molecule has 186 valence electrons. The Morgan fingerprint density at radius 1 is 1.00 bits per heavy atom. The molecule has 4 rings (SSSR count). The quantitative estimate of drug-likeness (QED) is 0.519. The molecule has 3 aromatic rings. The lowest BCUT2D eigenvalue weighted by Crippen LogP contribution is -2.47. The Morgan fingerprint density at radius 3 is 2.14 bits per heavy atom. The van der Waals surface area contributed by atoms with Gasteiger partial charge < -0.3 is 14.5 Å². The van der Waals surface area contributed by atoms with Crippen LogP contribution < -0.4 is 4.74 Å². The first-order valence-corrected chi connectivity index (χ1v) is 11.9. The van der Waals surface area contributed by atoms with E-state index in [1.165, 1.54) is 12.1 Å². The lowest BCUT2D eigenvalue weighted by Gasteiger charge is -2.32. The number of aromatic nitrogens is 2. The molecule has 1 aliphatic rings. The zero-order valence-electron chi connectivity index (χ0n) is 20.9. The fourth-order valence-corrected chi connectivity index (χ4v) is 4.08. The fraction of sp³-hybridized carbons (Fsp3) is 0.407. The molecule has 35 heavy (non-hydrogen) atoms. The summed E-state index contributed by atoms with van der Waals surface area (Å²) < 4.78 is 36.1. The molecule has 1 saturated heterocycles. The lowest BCUT2D eigenvalue weighted by molar-refractivity contribution is 0.0664. The second-order valence-electron chi connectivity index (χ2n) is 9.92. The monoisotopic (exact) mass is 482 g/mol. The number of likely N-dealkylation sites (N-methyl/N-ethyl adjacent to an activating group) is 1. The van der Waals surface area contributed by atoms with Crippen molar-refractivity contribution >= 4 is 5.91 Å². The maximum absolute atomic E-state index is 14.7. The third kappa shape index (κ3) is 5.22. The Morgan fingerprint density at radius 2 is 1.60 bits per heavy atom. The van der Waals surface area contributed by atoms with Gasteiger partial charge in [-0.05, 0) is 56.4 Å². The molecule has 0 N–H and O–H groups in total. The molecule has 1 aliphatic heterocycles. The number of hydrogen-bond donors (Lipinski definition) is 0. The zero-order chi connectivity index (χ0) is 25.3. The van der Waals surface area contributed by atoms with Gasteiger partial charge in [0, 0.05) is 42.7 Å². The van der Waals surface area contributed by atoms with E-state index in [4.69, 9.17) is 9.84 Å². The van der Waals surface area contributed by atoms with Gasteiger partial charge in [0.1, 0.15) is 0 Å².